The Morgan fingerprint density at radius 2 is 1.95 bits per heavy atom. The molecule has 0 aliphatic carbocycles. The second-order valence-electron chi connectivity index (χ2n) is 4.71. The van der Waals surface area contributed by atoms with Crippen LogP contribution in [0.2, 0.25) is 0 Å². The van der Waals surface area contributed by atoms with Crippen molar-refractivity contribution < 1.29 is 9.59 Å². The maximum absolute atomic E-state index is 12.1. The number of aromatic nitrogens is 2. The predicted octanol–water partition coefficient (Wildman–Crippen LogP) is 2.22. The first-order valence-corrected chi connectivity index (χ1v) is 6.93. The van der Waals surface area contributed by atoms with Crippen LogP contribution in [0.25, 0.3) is 0 Å². The lowest BCUT2D eigenvalue weighted by atomic mass is 10.1. The molecular weight excluding hydrogens is 322 g/mol. The van der Waals surface area contributed by atoms with Gasteiger partial charge in [-0.1, -0.05) is 12.1 Å². The molecule has 1 amide bonds. The molecule has 3 rings (SSSR count). The number of ketones is 1. The SMILES string of the molecule is Cc1nn(C)c(CN2C(=O)C(=O)c3ccccc32)c1Br. The highest BCUT2D eigenvalue weighted by atomic mass is 79.9. The highest BCUT2D eigenvalue weighted by Crippen LogP contribution is 2.31. The van der Waals surface area contributed by atoms with Crippen LogP contribution in [0.1, 0.15) is 21.7 Å². The van der Waals surface area contributed by atoms with Crippen molar-refractivity contribution in [3.63, 3.8) is 0 Å². The molecule has 0 unspecified atom stereocenters. The van der Waals surface area contributed by atoms with Crippen molar-refractivity contribution in [3.05, 3.63) is 45.7 Å². The molecule has 1 aromatic heterocycles. The number of Topliss-reactive ketones (excluding diaryl/α,β-unsaturated/α-hetero) is 1. The number of carbonyl (C=O) groups excluding carboxylic acids is 2. The van der Waals surface area contributed by atoms with Crippen LogP contribution in [0.15, 0.2) is 28.7 Å². The van der Waals surface area contributed by atoms with Crippen LogP contribution in [0, 0.1) is 6.92 Å². The molecule has 1 aliphatic rings. The van der Waals surface area contributed by atoms with E-state index in [2.05, 4.69) is 21.0 Å². The first-order valence-electron chi connectivity index (χ1n) is 6.14. The van der Waals surface area contributed by atoms with Gasteiger partial charge in [0.25, 0.3) is 11.7 Å². The van der Waals surface area contributed by atoms with Crippen LogP contribution in [-0.2, 0) is 18.4 Å². The normalized spacial score (nSPS) is 14.1. The zero-order valence-corrected chi connectivity index (χ0v) is 12.6. The summed E-state index contributed by atoms with van der Waals surface area (Å²) in [4.78, 5) is 25.6. The summed E-state index contributed by atoms with van der Waals surface area (Å²) in [6.45, 7) is 2.21. The van der Waals surface area contributed by atoms with Crippen molar-refractivity contribution in [3.8, 4) is 0 Å². The molecule has 102 valence electrons. The zero-order chi connectivity index (χ0) is 14.4. The molecule has 2 heterocycles. The summed E-state index contributed by atoms with van der Waals surface area (Å²) in [5.74, 6) is -0.937. The summed E-state index contributed by atoms with van der Waals surface area (Å²) in [7, 11) is 1.82. The Labute approximate surface area is 124 Å². The monoisotopic (exact) mass is 333 g/mol. The lowest BCUT2D eigenvalue weighted by molar-refractivity contribution is -0.114. The topological polar surface area (TPSA) is 55.2 Å². The van der Waals surface area contributed by atoms with Crippen molar-refractivity contribution >= 4 is 33.3 Å². The minimum atomic E-state index is -0.489. The van der Waals surface area contributed by atoms with Crippen LogP contribution in [-0.4, -0.2) is 21.5 Å². The number of amides is 1. The fourth-order valence-electron chi connectivity index (χ4n) is 2.41. The van der Waals surface area contributed by atoms with E-state index in [9.17, 15) is 9.59 Å². The third kappa shape index (κ3) is 1.79. The molecule has 0 saturated carbocycles. The number of nitrogens with zero attached hydrogens (tertiary/aromatic N) is 3. The summed E-state index contributed by atoms with van der Waals surface area (Å²) in [6, 6.07) is 7.05. The number of anilines is 1. The number of carbonyl (C=O) groups is 2. The summed E-state index contributed by atoms with van der Waals surface area (Å²) in [5, 5.41) is 4.30. The zero-order valence-electron chi connectivity index (χ0n) is 11.1. The van der Waals surface area contributed by atoms with E-state index in [0.29, 0.717) is 17.8 Å². The molecule has 0 fully saturated rings. The van der Waals surface area contributed by atoms with Crippen molar-refractivity contribution in [2.75, 3.05) is 4.90 Å². The molecule has 2 aromatic rings. The van der Waals surface area contributed by atoms with Gasteiger partial charge in [0.1, 0.15) is 0 Å². The van der Waals surface area contributed by atoms with Gasteiger partial charge in [-0.15, -0.1) is 0 Å². The first-order chi connectivity index (χ1) is 9.50. The number of hydrogen-bond donors (Lipinski definition) is 0. The summed E-state index contributed by atoms with van der Waals surface area (Å²) in [6.07, 6.45) is 0. The number of aryl methyl sites for hydroxylation is 2. The lowest BCUT2D eigenvalue weighted by Crippen LogP contribution is -2.30. The van der Waals surface area contributed by atoms with Crippen molar-refractivity contribution in [2.45, 2.75) is 13.5 Å². The smallest absolute Gasteiger partial charge is 0.299 e. The Morgan fingerprint density at radius 1 is 1.25 bits per heavy atom. The van der Waals surface area contributed by atoms with Crippen molar-refractivity contribution in [2.24, 2.45) is 7.05 Å². The predicted molar refractivity (Wildman–Crippen MR) is 77.6 cm³/mol. The number of fused-ring (bicyclic) bond motifs is 1. The molecule has 0 saturated heterocycles. The van der Waals surface area contributed by atoms with E-state index in [0.717, 1.165) is 15.9 Å². The van der Waals surface area contributed by atoms with Gasteiger partial charge in [0.05, 0.1) is 33.7 Å². The van der Waals surface area contributed by atoms with E-state index >= 15 is 0 Å². The van der Waals surface area contributed by atoms with E-state index in [1.165, 1.54) is 4.90 Å². The lowest BCUT2D eigenvalue weighted by Gasteiger charge is -2.16. The minimum absolute atomic E-state index is 0.319. The third-order valence-corrected chi connectivity index (χ3v) is 4.48. The largest absolute Gasteiger partial charge is 0.299 e. The van der Waals surface area contributed by atoms with Crippen molar-refractivity contribution in [1.29, 1.82) is 0 Å². The quantitative estimate of drug-likeness (QED) is 0.792. The van der Waals surface area contributed by atoms with Gasteiger partial charge in [-0.3, -0.25) is 19.2 Å². The Kier molecular flexibility index (Phi) is 2.97. The molecular formula is C14H12BrN3O2. The van der Waals surface area contributed by atoms with Gasteiger partial charge in [0.2, 0.25) is 0 Å². The first kappa shape index (κ1) is 13.1. The summed E-state index contributed by atoms with van der Waals surface area (Å²) < 4.78 is 2.59. The average Bonchev–Trinajstić information content (AvgIpc) is 2.82. The second-order valence-corrected chi connectivity index (χ2v) is 5.50. The van der Waals surface area contributed by atoms with E-state index in [-0.39, 0.29) is 0 Å². The highest BCUT2D eigenvalue weighted by Gasteiger charge is 2.36. The summed E-state index contributed by atoms with van der Waals surface area (Å²) in [5.41, 5.74) is 2.84. The fraction of sp³-hybridized carbons (Fsp3) is 0.214. The van der Waals surface area contributed by atoms with Gasteiger partial charge < -0.3 is 0 Å². The highest BCUT2D eigenvalue weighted by molar-refractivity contribution is 9.10. The molecule has 6 heteroatoms. The van der Waals surface area contributed by atoms with Crippen LogP contribution < -0.4 is 4.90 Å². The third-order valence-electron chi connectivity index (χ3n) is 3.45. The van der Waals surface area contributed by atoms with Crippen LogP contribution in [0.4, 0.5) is 5.69 Å². The number of para-hydroxylation sites is 1. The number of rotatable bonds is 2. The maximum Gasteiger partial charge on any atom is 0.299 e. The molecule has 0 N–H and O–H groups in total. The average molecular weight is 334 g/mol. The van der Waals surface area contributed by atoms with Gasteiger partial charge in [-0.05, 0) is 35.0 Å². The Morgan fingerprint density at radius 3 is 2.60 bits per heavy atom. The maximum atomic E-state index is 12.1. The van der Waals surface area contributed by atoms with E-state index < -0.39 is 11.7 Å². The molecule has 0 spiro atoms. The molecule has 1 aliphatic heterocycles. The minimum Gasteiger partial charge on any atom is -0.299 e. The molecule has 1 aromatic carbocycles. The Bertz CT molecular complexity index is 736. The fourth-order valence-corrected chi connectivity index (χ4v) is 2.87. The number of benzene rings is 1. The van der Waals surface area contributed by atoms with E-state index in [4.69, 9.17) is 0 Å². The molecule has 5 nitrogen and oxygen atoms in total. The Hall–Kier alpha value is -1.95. The molecule has 0 radical (unpaired) electrons. The Balaban J connectivity index is 2.04. The van der Waals surface area contributed by atoms with Crippen molar-refractivity contribution in [1.82, 2.24) is 9.78 Å². The second kappa shape index (κ2) is 4.56. The van der Waals surface area contributed by atoms with Crippen LogP contribution in [0.5, 0.6) is 0 Å². The van der Waals surface area contributed by atoms with Crippen LogP contribution in [0.3, 0.4) is 0 Å². The molecule has 0 bridgehead atoms. The molecule has 0 atom stereocenters. The van der Waals surface area contributed by atoms with E-state index in [1.807, 2.05) is 20.0 Å². The van der Waals surface area contributed by atoms with Gasteiger partial charge in [0, 0.05) is 7.05 Å². The number of halogens is 1. The van der Waals surface area contributed by atoms with E-state index in [1.54, 1.807) is 22.9 Å². The number of hydrogen-bond acceptors (Lipinski definition) is 3. The van der Waals surface area contributed by atoms with Gasteiger partial charge in [-0.2, -0.15) is 5.10 Å². The standard InChI is InChI=1S/C14H12BrN3O2/c1-8-12(15)11(17(2)16-8)7-18-10-6-4-3-5-9(10)13(19)14(18)20/h3-6H,7H2,1-2H3. The molecule has 20 heavy (non-hydrogen) atoms. The van der Waals surface area contributed by atoms with Gasteiger partial charge >= 0.3 is 0 Å². The van der Waals surface area contributed by atoms with Crippen LogP contribution >= 0.6 is 15.9 Å². The van der Waals surface area contributed by atoms with Gasteiger partial charge in [0.15, 0.2) is 0 Å². The summed E-state index contributed by atoms with van der Waals surface area (Å²) >= 11 is 3.48. The van der Waals surface area contributed by atoms with Gasteiger partial charge in [-0.25, -0.2) is 0 Å².